The lowest BCUT2D eigenvalue weighted by atomic mass is 10.0. The highest BCUT2D eigenvalue weighted by molar-refractivity contribution is 7.16. The Kier molecular flexibility index (Phi) is 4.17. The molecule has 0 spiro atoms. The first-order chi connectivity index (χ1) is 10.2. The molecule has 0 saturated carbocycles. The molecule has 0 aliphatic carbocycles. The van der Waals surface area contributed by atoms with Crippen molar-refractivity contribution in [3.8, 4) is 0 Å². The van der Waals surface area contributed by atoms with Crippen LogP contribution in [0.4, 0.5) is 0 Å². The van der Waals surface area contributed by atoms with Gasteiger partial charge in [0.25, 0.3) is 0 Å². The van der Waals surface area contributed by atoms with Gasteiger partial charge in [-0.3, -0.25) is 4.79 Å². The van der Waals surface area contributed by atoms with E-state index >= 15 is 0 Å². The SMILES string of the molecule is COCCN1CC(Cc2nc(C)nc3sccc23)CC1=O. The molecule has 1 fully saturated rings. The zero-order valence-electron chi connectivity index (χ0n) is 12.3. The minimum atomic E-state index is 0.226. The molecule has 2 aromatic heterocycles. The van der Waals surface area contributed by atoms with Crippen LogP contribution >= 0.6 is 11.3 Å². The van der Waals surface area contributed by atoms with Gasteiger partial charge >= 0.3 is 0 Å². The summed E-state index contributed by atoms with van der Waals surface area (Å²) in [6, 6.07) is 2.08. The lowest BCUT2D eigenvalue weighted by Gasteiger charge is -2.16. The van der Waals surface area contributed by atoms with Crippen molar-refractivity contribution in [3.63, 3.8) is 0 Å². The van der Waals surface area contributed by atoms with Crippen LogP contribution in [0.25, 0.3) is 10.2 Å². The largest absolute Gasteiger partial charge is 0.383 e. The molecule has 1 amide bonds. The molecule has 0 radical (unpaired) electrons. The molecule has 2 aromatic rings. The Morgan fingerprint density at radius 2 is 2.33 bits per heavy atom. The van der Waals surface area contributed by atoms with Crippen LogP contribution in [0.1, 0.15) is 17.9 Å². The van der Waals surface area contributed by atoms with Crippen molar-refractivity contribution in [2.75, 3.05) is 26.8 Å². The maximum absolute atomic E-state index is 12.0. The van der Waals surface area contributed by atoms with Gasteiger partial charge in [-0.1, -0.05) is 0 Å². The van der Waals surface area contributed by atoms with Crippen molar-refractivity contribution >= 4 is 27.5 Å². The number of aryl methyl sites for hydroxylation is 1. The summed E-state index contributed by atoms with van der Waals surface area (Å²) in [5.41, 5.74) is 1.07. The fourth-order valence-corrected chi connectivity index (χ4v) is 3.70. The van der Waals surface area contributed by atoms with Gasteiger partial charge in [0.05, 0.1) is 12.3 Å². The number of rotatable bonds is 5. The van der Waals surface area contributed by atoms with E-state index in [-0.39, 0.29) is 5.91 Å². The van der Waals surface area contributed by atoms with Crippen LogP contribution in [-0.4, -0.2) is 47.6 Å². The number of nitrogens with zero attached hydrogens (tertiary/aromatic N) is 3. The van der Waals surface area contributed by atoms with Gasteiger partial charge in [0.1, 0.15) is 10.7 Å². The summed E-state index contributed by atoms with van der Waals surface area (Å²) >= 11 is 1.64. The van der Waals surface area contributed by atoms with Gasteiger partial charge in [0, 0.05) is 32.0 Å². The highest BCUT2D eigenvalue weighted by Crippen LogP contribution is 2.27. The average molecular weight is 305 g/mol. The molecule has 112 valence electrons. The summed E-state index contributed by atoms with van der Waals surface area (Å²) in [7, 11) is 1.66. The molecular formula is C15H19N3O2S. The molecule has 1 aliphatic heterocycles. The van der Waals surface area contributed by atoms with Gasteiger partial charge in [-0.15, -0.1) is 11.3 Å². The molecule has 0 bridgehead atoms. The van der Waals surface area contributed by atoms with Crippen LogP contribution in [0.5, 0.6) is 0 Å². The molecule has 0 aromatic carbocycles. The van der Waals surface area contributed by atoms with Gasteiger partial charge in [0.15, 0.2) is 0 Å². The van der Waals surface area contributed by atoms with Crippen LogP contribution in [0.15, 0.2) is 11.4 Å². The van der Waals surface area contributed by atoms with Crippen molar-refractivity contribution < 1.29 is 9.53 Å². The number of likely N-dealkylation sites (tertiary alicyclic amines) is 1. The zero-order valence-corrected chi connectivity index (χ0v) is 13.2. The van der Waals surface area contributed by atoms with Gasteiger partial charge < -0.3 is 9.64 Å². The number of thiophene rings is 1. The fourth-order valence-electron chi connectivity index (χ4n) is 2.87. The van der Waals surface area contributed by atoms with Crippen molar-refractivity contribution in [2.24, 2.45) is 5.92 Å². The van der Waals surface area contributed by atoms with E-state index in [0.717, 1.165) is 34.7 Å². The van der Waals surface area contributed by atoms with Crippen molar-refractivity contribution in [2.45, 2.75) is 19.8 Å². The molecular weight excluding hydrogens is 286 g/mol. The molecule has 1 unspecified atom stereocenters. The molecule has 1 aliphatic rings. The van der Waals surface area contributed by atoms with Gasteiger partial charge in [-0.05, 0) is 30.7 Å². The van der Waals surface area contributed by atoms with Crippen molar-refractivity contribution in [1.82, 2.24) is 14.9 Å². The molecule has 6 heteroatoms. The summed E-state index contributed by atoms with van der Waals surface area (Å²) in [5, 5.41) is 3.18. The third kappa shape index (κ3) is 3.06. The van der Waals surface area contributed by atoms with E-state index in [1.807, 2.05) is 17.2 Å². The Hall–Kier alpha value is -1.53. The monoisotopic (exact) mass is 305 g/mol. The molecule has 3 rings (SSSR count). The minimum absolute atomic E-state index is 0.226. The third-order valence-corrected chi connectivity index (χ3v) is 4.66. The topological polar surface area (TPSA) is 55.3 Å². The Labute approximate surface area is 128 Å². The Bertz CT molecular complexity index is 655. The predicted molar refractivity (Wildman–Crippen MR) is 82.4 cm³/mol. The number of methoxy groups -OCH3 is 1. The molecule has 5 nitrogen and oxygen atoms in total. The number of carbonyl (C=O) groups is 1. The number of hydrogen-bond donors (Lipinski definition) is 0. The van der Waals surface area contributed by atoms with E-state index in [2.05, 4.69) is 16.0 Å². The van der Waals surface area contributed by atoms with Crippen LogP contribution in [0.3, 0.4) is 0 Å². The summed E-state index contributed by atoms with van der Waals surface area (Å²) in [4.78, 5) is 24.0. The summed E-state index contributed by atoms with van der Waals surface area (Å²) in [6.07, 6.45) is 1.45. The number of amides is 1. The Balaban J connectivity index is 1.74. The summed E-state index contributed by atoms with van der Waals surface area (Å²) < 4.78 is 5.06. The normalized spacial score (nSPS) is 18.9. The second-order valence-electron chi connectivity index (χ2n) is 5.46. The van der Waals surface area contributed by atoms with E-state index in [0.29, 0.717) is 25.5 Å². The number of aromatic nitrogens is 2. The maximum Gasteiger partial charge on any atom is 0.223 e. The van der Waals surface area contributed by atoms with Crippen molar-refractivity contribution in [1.29, 1.82) is 0 Å². The number of carbonyl (C=O) groups excluding carboxylic acids is 1. The first-order valence-electron chi connectivity index (χ1n) is 7.15. The van der Waals surface area contributed by atoms with Gasteiger partial charge in [-0.25, -0.2) is 9.97 Å². The first-order valence-corrected chi connectivity index (χ1v) is 8.02. The zero-order chi connectivity index (χ0) is 14.8. The van der Waals surface area contributed by atoms with Crippen LogP contribution in [-0.2, 0) is 16.0 Å². The van der Waals surface area contributed by atoms with E-state index in [4.69, 9.17) is 4.74 Å². The predicted octanol–water partition coefficient (Wildman–Crippen LogP) is 2.04. The second kappa shape index (κ2) is 6.07. The van der Waals surface area contributed by atoms with Crippen LogP contribution in [0, 0.1) is 12.8 Å². The lowest BCUT2D eigenvalue weighted by Crippen LogP contribution is -2.29. The van der Waals surface area contributed by atoms with E-state index < -0.39 is 0 Å². The number of ether oxygens (including phenoxy) is 1. The molecule has 0 N–H and O–H groups in total. The van der Waals surface area contributed by atoms with Gasteiger partial charge in [0.2, 0.25) is 5.91 Å². The third-order valence-electron chi connectivity index (χ3n) is 3.86. The van der Waals surface area contributed by atoms with Crippen LogP contribution < -0.4 is 0 Å². The first kappa shape index (κ1) is 14.4. The van der Waals surface area contributed by atoms with E-state index in [1.165, 1.54) is 0 Å². The Morgan fingerprint density at radius 3 is 3.14 bits per heavy atom. The van der Waals surface area contributed by atoms with Crippen molar-refractivity contribution in [3.05, 3.63) is 23.0 Å². The Morgan fingerprint density at radius 1 is 1.48 bits per heavy atom. The van der Waals surface area contributed by atoms with E-state index in [1.54, 1.807) is 18.4 Å². The lowest BCUT2D eigenvalue weighted by molar-refractivity contribution is -0.128. The average Bonchev–Trinajstić information content (AvgIpc) is 3.03. The van der Waals surface area contributed by atoms with Crippen LogP contribution in [0.2, 0.25) is 0 Å². The molecule has 1 saturated heterocycles. The molecule has 3 heterocycles. The summed E-state index contributed by atoms with van der Waals surface area (Å²) in [6.45, 7) is 4.01. The maximum atomic E-state index is 12.0. The molecule has 21 heavy (non-hydrogen) atoms. The number of hydrogen-bond acceptors (Lipinski definition) is 5. The second-order valence-corrected chi connectivity index (χ2v) is 6.36. The smallest absolute Gasteiger partial charge is 0.223 e. The number of fused-ring (bicyclic) bond motifs is 1. The minimum Gasteiger partial charge on any atom is -0.383 e. The quantitative estimate of drug-likeness (QED) is 0.848. The van der Waals surface area contributed by atoms with Gasteiger partial charge in [-0.2, -0.15) is 0 Å². The summed E-state index contributed by atoms with van der Waals surface area (Å²) in [5.74, 6) is 1.37. The highest BCUT2D eigenvalue weighted by atomic mass is 32.1. The highest BCUT2D eigenvalue weighted by Gasteiger charge is 2.30. The van der Waals surface area contributed by atoms with E-state index in [9.17, 15) is 4.79 Å². The molecule has 1 atom stereocenters. The fraction of sp³-hybridized carbons (Fsp3) is 0.533. The standard InChI is InChI=1S/C15H19N3O2S/c1-10-16-13(12-3-6-21-15(12)17-10)7-11-8-14(19)18(9-11)4-5-20-2/h3,6,11H,4-5,7-9H2,1-2H3.